The maximum Gasteiger partial charge on any atom is 0.0707 e. The topological polar surface area (TPSA) is 55.5 Å². The number of hydrogen-bond donors (Lipinski definition) is 2. The molecule has 0 spiro atoms. The molecule has 1 saturated carbocycles. The molecule has 0 saturated heterocycles. The molecule has 0 aromatic heterocycles. The van der Waals surface area contributed by atoms with Gasteiger partial charge in [-0.3, -0.25) is 0 Å². The molecule has 3 N–H and O–H groups in total. The molecule has 0 aliphatic heterocycles. The average Bonchev–Trinajstić information content (AvgIpc) is 2.53. The van der Waals surface area contributed by atoms with Crippen LogP contribution in [0, 0.1) is 5.92 Å². The minimum atomic E-state index is 0. The van der Waals surface area contributed by atoms with Crippen LogP contribution in [0.5, 0.6) is 0 Å². The van der Waals surface area contributed by atoms with Gasteiger partial charge in [0.1, 0.15) is 0 Å². The Kier molecular flexibility index (Phi) is 11.7. The van der Waals surface area contributed by atoms with Crippen LogP contribution in [0.25, 0.3) is 0 Å². The molecule has 3 nitrogen and oxygen atoms in total. The Bertz CT molecular complexity index is 59.7. The van der Waals surface area contributed by atoms with Crippen LogP contribution in [0.15, 0.2) is 0 Å². The summed E-state index contributed by atoms with van der Waals surface area (Å²) in [5.41, 5.74) is 0. The predicted molar refractivity (Wildman–Crippen MR) is 42.9 cm³/mol. The monoisotopic (exact) mass is 169 g/mol. The summed E-state index contributed by atoms with van der Waals surface area (Å²) in [5.74, 6) is 5.57. The lowest BCUT2D eigenvalue weighted by Gasteiger charge is -1.86. The third-order valence-electron chi connectivity index (χ3n) is 1.03. The molecule has 1 aliphatic carbocycles. The molecule has 0 aromatic carbocycles. The largest absolute Gasteiger partial charge is 0.397 e. The minimum absolute atomic E-state index is 0. The first-order valence-corrected chi connectivity index (χ1v) is 3.27. The third kappa shape index (κ3) is 11.0. The van der Waals surface area contributed by atoms with Crippen LogP contribution < -0.4 is 5.90 Å². The van der Waals surface area contributed by atoms with E-state index in [-0.39, 0.29) is 19.0 Å². The van der Waals surface area contributed by atoms with Gasteiger partial charge in [0.25, 0.3) is 0 Å². The van der Waals surface area contributed by atoms with Crippen LogP contribution in [0.4, 0.5) is 0 Å². The molecule has 1 fully saturated rings. The summed E-state index contributed by atoms with van der Waals surface area (Å²) in [6.07, 6.45) is 2.63. The van der Waals surface area contributed by atoms with Crippen molar-refractivity contribution in [2.45, 2.75) is 19.8 Å². The smallest absolute Gasteiger partial charge is 0.0707 e. The molecule has 0 amide bonds. The number of hydrogen-bond acceptors (Lipinski definition) is 3. The standard InChI is InChI=1S/C4H9NO.C2H6O.ClH/c5-6-3-4-1-2-4;1-2-3;/h4H,1-3,5H2;3H,2H2,1H3;1H. The van der Waals surface area contributed by atoms with Crippen molar-refractivity contribution < 1.29 is 9.94 Å². The first-order chi connectivity index (χ1) is 4.35. The van der Waals surface area contributed by atoms with Crippen molar-refractivity contribution in [2.75, 3.05) is 13.2 Å². The maximum absolute atomic E-state index is 7.57. The number of aliphatic hydroxyl groups is 1. The number of halogens is 1. The van der Waals surface area contributed by atoms with Gasteiger partial charge >= 0.3 is 0 Å². The van der Waals surface area contributed by atoms with Crippen molar-refractivity contribution in [3.63, 3.8) is 0 Å². The fraction of sp³-hybridized carbons (Fsp3) is 1.00. The van der Waals surface area contributed by atoms with E-state index in [0.717, 1.165) is 12.5 Å². The van der Waals surface area contributed by atoms with Crippen LogP contribution in [-0.4, -0.2) is 18.3 Å². The molecule has 1 rings (SSSR count). The highest BCUT2D eigenvalue weighted by Crippen LogP contribution is 2.28. The van der Waals surface area contributed by atoms with Crippen molar-refractivity contribution in [3.05, 3.63) is 0 Å². The molecule has 0 heterocycles. The molecule has 0 atom stereocenters. The fourth-order valence-electron chi connectivity index (χ4n) is 0.421. The predicted octanol–water partition coefficient (Wildman–Crippen LogP) is 0.707. The molecule has 1 aliphatic rings. The highest BCUT2D eigenvalue weighted by atomic mass is 35.5. The lowest BCUT2D eigenvalue weighted by molar-refractivity contribution is 0.127. The Balaban J connectivity index is 0. The van der Waals surface area contributed by atoms with Crippen molar-refractivity contribution >= 4 is 12.4 Å². The molecule has 64 valence electrons. The zero-order chi connectivity index (χ0) is 7.11. The van der Waals surface area contributed by atoms with Crippen LogP contribution in [-0.2, 0) is 4.84 Å². The summed E-state index contributed by atoms with van der Waals surface area (Å²) in [6, 6.07) is 0. The van der Waals surface area contributed by atoms with Gasteiger partial charge in [0.2, 0.25) is 0 Å². The van der Waals surface area contributed by atoms with E-state index < -0.39 is 0 Å². The van der Waals surface area contributed by atoms with E-state index in [1.807, 2.05) is 0 Å². The third-order valence-corrected chi connectivity index (χ3v) is 1.03. The summed E-state index contributed by atoms with van der Waals surface area (Å²) in [7, 11) is 0. The zero-order valence-corrected chi connectivity index (χ0v) is 7.06. The van der Waals surface area contributed by atoms with Gasteiger partial charge in [0, 0.05) is 6.61 Å². The molecule has 4 heteroatoms. The van der Waals surface area contributed by atoms with Gasteiger partial charge in [-0.2, -0.15) is 0 Å². The van der Waals surface area contributed by atoms with Gasteiger partial charge in [-0.05, 0) is 25.7 Å². The first kappa shape index (κ1) is 12.8. The van der Waals surface area contributed by atoms with Crippen molar-refractivity contribution in [1.82, 2.24) is 0 Å². The Morgan fingerprint density at radius 3 is 2.10 bits per heavy atom. The molecule has 0 bridgehead atoms. The molecule has 0 unspecified atom stereocenters. The van der Waals surface area contributed by atoms with E-state index in [1.54, 1.807) is 6.92 Å². The summed E-state index contributed by atoms with van der Waals surface area (Å²) in [5, 5.41) is 7.57. The van der Waals surface area contributed by atoms with Crippen LogP contribution >= 0.6 is 12.4 Å². The SMILES string of the molecule is CCO.Cl.NOCC1CC1. The molecule has 0 aromatic rings. The van der Waals surface area contributed by atoms with E-state index in [1.165, 1.54) is 12.8 Å². The minimum Gasteiger partial charge on any atom is -0.397 e. The van der Waals surface area contributed by atoms with Crippen molar-refractivity contribution in [1.29, 1.82) is 0 Å². The normalized spacial score (nSPS) is 14.7. The Hall–Kier alpha value is 0.170. The van der Waals surface area contributed by atoms with E-state index in [4.69, 9.17) is 11.0 Å². The number of aliphatic hydroxyl groups excluding tert-OH is 1. The Morgan fingerprint density at radius 2 is 2.00 bits per heavy atom. The molecular formula is C6H16ClNO2. The molecule has 0 radical (unpaired) electrons. The summed E-state index contributed by atoms with van der Waals surface area (Å²) < 4.78 is 0. The second-order valence-electron chi connectivity index (χ2n) is 2.09. The summed E-state index contributed by atoms with van der Waals surface area (Å²) >= 11 is 0. The average molecular weight is 170 g/mol. The van der Waals surface area contributed by atoms with Gasteiger partial charge in [-0.25, -0.2) is 5.90 Å². The number of rotatable bonds is 2. The summed E-state index contributed by atoms with van der Waals surface area (Å²) in [6.45, 7) is 2.69. The fourth-order valence-corrected chi connectivity index (χ4v) is 0.421. The lowest BCUT2D eigenvalue weighted by Crippen LogP contribution is -2.01. The van der Waals surface area contributed by atoms with E-state index >= 15 is 0 Å². The maximum atomic E-state index is 7.57. The van der Waals surface area contributed by atoms with Crippen LogP contribution in [0.1, 0.15) is 19.8 Å². The zero-order valence-electron chi connectivity index (χ0n) is 6.25. The quantitative estimate of drug-likeness (QED) is 0.599. The highest BCUT2D eigenvalue weighted by Gasteiger charge is 2.20. The highest BCUT2D eigenvalue weighted by molar-refractivity contribution is 5.85. The van der Waals surface area contributed by atoms with Gasteiger partial charge < -0.3 is 9.94 Å². The Morgan fingerprint density at radius 1 is 1.60 bits per heavy atom. The van der Waals surface area contributed by atoms with Gasteiger partial charge in [-0.15, -0.1) is 12.4 Å². The second-order valence-corrected chi connectivity index (χ2v) is 2.09. The van der Waals surface area contributed by atoms with E-state index in [2.05, 4.69) is 4.84 Å². The molecule has 10 heavy (non-hydrogen) atoms. The van der Waals surface area contributed by atoms with Gasteiger partial charge in [-0.1, -0.05) is 0 Å². The van der Waals surface area contributed by atoms with Crippen LogP contribution in [0.3, 0.4) is 0 Å². The Labute approximate surface area is 67.9 Å². The van der Waals surface area contributed by atoms with Crippen molar-refractivity contribution in [3.8, 4) is 0 Å². The second kappa shape index (κ2) is 9.17. The van der Waals surface area contributed by atoms with Crippen molar-refractivity contribution in [2.24, 2.45) is 11.8 Å². The van der Waals surface area contributed by atoms with Gasteiger partial charge in [0.15, 0.2) is 0 Å². The lowest BCUT2D eigenvalue weighted by atomic mass is 10.5. The van der Waals surface area contributed by atoms with E-state index in [0.29, 0.717) is 0 Å². The van der Waals surface area contributed by atoms with Gasteiger partial charge in [0.05, 0.1) is 6.61 Å². The molecular weight excluding hydrogens is 154 g/mol. The first-order valence-electron chi connectivity index (χ1n) is 3.27. The number of nitrogens with two attached hydrogens (primary N) is 1. The summed E-state index contributed by atoms with van der Waals surface area (Å²) in [4.78, 5) is 4.37. The van der Waals surface area contributed by atoms with E-state index in [9.17, 15) is 0 Å². The van der Waals surface area contributed by atoms with Crippen LogP contribution in [0.2, 0.25) is 0 Å².